The lowest BCUT2D eigenvalue weighted by atomic mass is 10.1. The summed E-state index contributed by atoms with van der Waals surface area (Å²) >= 11 is 0. The Bertz CT molecular complexity index is 751. The SMILES string of the molecule is Cc1cccc(CN(c2ccc(C)cc2C)S(C)(=O)=O)c1. The topological polar surface area (TPSA) is 37.4 Å². The highest BCUT2D eigenvalue weighted by Gasteiger charge is 2.19. The number of hydrogen-bond acceptors (Lipinski definition) is 2. The van der Waals surface area contributed by atoms with Gasteiger partial charge in [0.05, 0.1) is 18.5 Å². The number of hydrogen-bond donors (Lipinski definition) is 0. The van der Waals surface area contributed by atoms with Crippen LogP contribution < -0.4 is 4.31 Å². The van der Waals surface area contributed by atoms with Gasteiger partial charge in [-0.05, 0) is 38.0 Å². The number of aryl methyl sites for hydroxylation is 3. The monoisotopic (exact) mass is 303 g/mol. The maximum Gasteiger partial charge on any atom is 0.232 e. The van der Waals surface area contributed by atoms with E-state index in [1.54, 1.807) is 0 Å². The largest absolute Gasteiger partial charge is 0.266 e. The summed E-state index contributed by atoms with van der Waals surface area (Å²) in [5.41, 5.74) is 4.94. The number of nitrogens with zero attached hydrogens (tertiary/aromatic N) is 1. The highest BCUT2D eigenvalue weighted by atomic mass is 32.2. The summed E-state index contributed by atoms with van der Waals surface area (Å²) in [5, 5.41) is 0. The molecule has 0 spiro atoms. The summed E-state index contributed by atoms with van der Waals surface area (Å²) in [7, 11) is -3.33. The minimum atomic E-state index is -3.33. The molecule has 0 atom stereocenters. The van der Waals surface area contributed by atoms with E-state index in [-0.39, 0.29) is 0 Å². The van der Waals surface area contributed by atoms with Crippen molar-refractivity contribution in [1.82, 2.24) is 0 Å². The fourth-order valence-corrected chi connectivity index (χ4v) is 3.39. The molecule has 0 saturated heterocycles. The van der Waals surface area contributed by atoms with Gasteiger partial charge in [-0.25, -0.2) is 8.42 Å². The molecule has 2 aromatic rings. The average Bonchev–Trinajstić information content (AvgIpc) is 2.35. The molecule has 0 amide bonds. The maximum absolute atomic E-state index is 12.2. The van der Waals surface area contributed by atoms with Crippen molar-refractivity contribution in [3.05, 3.63) is 64.7 Å². The first-order valence-electron chi connectivity index (χ1n) is 6.88. The Morgan fingerprint density at radius 3 is 2.19 bits per heavy atom. The molecule has 0 aliphatic carbocycles. The summed E-state index contributed by atoms with van der Waals surface area (Å²) in [6.07, 6.45) is 1.25. The summed E-state index contributed by atoms with van der Waals surface area (Å²) in [5.74, 6) is 0. The van der Waals surface area contributed by atoms with Crippen molar-refractivity contribution in [3.63, 3.8) is 0 Å². The third-order valence-electron chi connectivity index (χ3n) is 3.43. The highest BCUT2D eigenvalue weighted by molar-refractivity contribution is 7.92. The Labute approximate surface area is 127 Å². The van der Waals surface area contributed by atoms with Crippen molar-refractivity contribution in [2.75, 3.05) is 10.6 Å². The molecule has 0 radical (unpaired) electrons. The van der Waals surface area contributed by atoms with E-state index in [0.717, 1.165) is 27.9 Å². The second kappa shape index (κ2) is 5.90. The van der Waals surface area contributed by atoms with Crippen LogP contribution in [0, 0.1) is 20.8 Å². The molecule has 0 aromatic heterocycles. The van der Waals surface area contributed by atoms with Crippen molar-refractivity contribution >= 4 is 15.7 Å². The van der Waals surface area contributed by atoms with Gasteiger partial charge in [-0.15, -0.1) is 0 Å². The molecule has 112 valence electrons. The quantitative estimate of drug-likeness (QED) is 0.866. The molecule has 0 aliphatic heterocycles. The van der Waals surface area contributed by atoms with E-state index in [1.165, 1.54) is 10.6 Å². The van der Waals surface area contributed by atoms with Gasteiger partial charge < -0.3 is 0 Å². The zero-order valence-electron chi connectivity index (χ0n) is 12.9. The average molecular weight is 303 g/mol. The summed E-state index contributed by atoms with van der Waals surface area (Å²) < 4.78 is 25.8. The van der Waals surface area contributed by atoms with Crippen LogP contribution in [-0.2, 0) is 16.6 Å². The number of benzene rings is 2. The van der Waals surface area contributed by atoms with E-state index in [0.29, 0.717) is 6.54 Å². The van der Waals surface area contributed by atoms with E-state index in [9.17, 15) is 8.42 Å². The molecule has 2 aromatic carbocycles. The van der Waals surface area contributed by atoms with Crippen LogP contribution in [0.3, 0.4) is 0 Å². The van der Waals surface area contributed by atoms with E-state index in [1.807, 2.05) is 63.2 Å². The molecule has 4 heteroatoms. The molecule has 0 heterocycles. The van der Waals surface area contributed by atoms with Gasteiger partial charge in [-0.2, -0.15) is 0 Å². The van der Waals surface area contributed by atoms with Crippen LogP contribution in [0.5, 0.6) is 0 Å². The number of sulfonamides is 1. The van der Waals surface area contributed by atoms with Crippen molar-refractivity contribution in [2.45, 2.75) is 27.3 Å². The lowest BCUT2D eigenvalue weighted by molar-refractivity contribution is 0.596. The molecule has 0 bridgehead atoms. The summed E-state index contributed by atoms with van der Waals surface area (Å²) in [4.78, 5) is 0. The Kier molecular flexibility index (Phi) is 4.37. The van der Waals surface area contributed by atoms with E-state index < -0.39 is 10.0 Å². The van der Waals surface area contributed by atoms with Crippen LogP contribution in [0.25, 0.3) is 0 Å². The van der Waals surface area contributed by atoms with Gasteiger partial charge in [0.1, 0.15) is 0 Å². The smallest absolute Gasteiger partial charge is 0.232 e. The zero-order chi connectivity index (χ0) is 15.6. The molecule has 2 rings (SSSR count). The van der Waals surface area contributed by atoms with E-state index >= 15 is 0 Å². The van der Waals surface area contributed by atoms with Crippen LogP contribution in [0.2, 0.25) is 0 Å². The van der Waals surface area contributed by atoms with Crippen LogP contribution in [0.15, 0.2) is 42.5 Å². The molecular formula is C17H21NO2S. The predicted molar refractivity (Wildman–Crippen MR) is 88.1 cm³/mol. The van der Waals surface area contributed by atoms with Crippen LogP contribution in [-0.4, -0.2) is 14.7 Å². The minimum Gasteiger partial charge on any atom is -0.266 e. The third-order valence-corrected chi connectivity index (χ3v) is 4.56. The fourth-order valence-electron chi connectivity index (χ4n) is 2.44. The molecule has 21 heavy (non-hydrogen) atoms. The first-order valence-corrected chi connectivity index (χ1v) is 8.73. The fraction of sp³-hybridized carbons (Fsp3) is 0.294. The van der Waals surface area contributed by atoms with Crippen molar-refractivity contribution in [3.8, 4) is 0 Å². The number of anilines is 1. The molecule has 0 N–H and O–H groups in total. The van der Waals surface area contributed by atoms with E-state index in [4.69, 9.17) is 0 Å². The summed E-state index contributed by atoms with van der Waals surface area (Å²) in [6.45, 7) is 6.30. The van der Waals surface area contributed by atoms with Gasteiger partial charge in [0, 0.05) is 0 Å². The standard InChI is InChI=1S/C17H21NO2S/c1-13-6-5-7-16(11-13)12-18(21(4,19)20)17-9-8-14(2)10-15(17)3/h5-11H,12H2,1-4H3. The minimum absolute atomic E-state index is 0.352. The molecule has 0 saturated carbocycles. The Hall–Kier alpha value is -1.81. The number of rotatable bonds is 4. The second-order valence-electron chi connectivity index (χ2n) is 5.55. The Morgan fingerprint density at radius 2 is 1.62 bits per heavy atom. The first-order chi connectivity index (χ1) is 9.77. The first kappa shape index (κ1) is 15.6. The molecule has 0 unspecified atom stereocenters. The molecular weight excluding hydrogens is 282 g/mol. The molecule has 0 aliphatic rings. The zero-order valence-corrected chi connectivity index (χ0v) is 13.7. The van der Waals surface area contributed by atoms with Crippen molar-refractivity contribution in [2.24, 2.45) is 0 Å². The Morgan fingerprint density at radius 1 is 0.952 bits per heavy atom. The van der Waals surface area contributed by atoms with Gasteiger partial charge in [0.15, 0.2) is 0 Å². The highest BCUT2D eigenvalue weighted by Crippen LogP contribution is 2.25. The van der Waals surface area contributed by atoms with Crippen LogP contribution >= 0.6 is 0 Å². The van der Waals surface area contributed by atoms with Gasteiger partial charge in [0.25, 0.3) is 0 Å². The van der Waals surface area contributed by atoms with Gasteiger partial charge >= 0.3 is 0 Å². The van der Waals surface area contributed by atoms with Crippen molar-refractivity contribution in [1.29, 1.82) is 0 Å². The van der Waals surface area contributed by atoms with Gasteiger partial charge in [-0.1, -0.05) is 47.5 Å². The molecule has 3 nitrogen and oxygen atoms in total. The molecule has 0 fully saturated rings. The van der Waals surface area contributed by atoms with Crippen molar-refractivity contribution < 1.29 is 8.42 Å². The van der Waals surface area contributed by atoms with E-state index in [2.05, 4.69) is 0 Å². The third kappa shape index (κ3) is 3.85. The normalized spacial score (nSPS) is 11.4. The van der Waals surface area contributed by atoms with Gasteiger partial charge in [0.2, 0.25) is 10.0 Å². The van der Waals surface area contributed by atoms with Crippen LogP contribution in [0.4, 0.5) is 5.69 Å². The van der Waals surface area contributed by atoms with Crippen LogP contribution in [0.1, 0.15) is 22.3 Å². The lowest BCUT2D eigenvalue weighted by Crippen LogP contribution is -2.30. The van der Waals surface area contributed by atoms with Gasteiger partial charge in [-0.3, -0.25) is 4.31 Å². The summed E-state index contributed by atoms with van der Waals surface area (Å²) in [6, 6.07) is 13.7. The lowest BCUT2D eigenvalue weighted by Gasteiger charge is -2.24. The second-order valence-corrected chi connectivity index (χ2v) is 7.46. The predicted octanol–water partition coefficient (Wildman–Crippen LogP) is 3.58. The maximum atomic E-state index is 12.2. The Balaban J connectivity index is 2.45.